The highest BCUT2D eigenvalue weighted by Gasteiger charge is 2.31. The van der Waals surface area contributed by atoms with Gasteiger partial charge in [0.15, 0.2) is 0 Å². The molecule has 15 heavy (non-hydrogen) atoms. The topological polar surface area (TPSA) is 9.23 Å². The first-order valence-corrected chi connectivity index (χ1v) is 6.99. The van der Waals surface area contributed by atoms with Crippen LogP contribution in [0.1, 0.15) is 30.2 Å². The highest BCUT2D eigenvalue weighted by molar-refractivity contribution is 9.11. The zero-order valence-electron chi connectivity index (χ0n) is 8.67. The molecule has 0 aliphatic heterocycles. The van der Waals surface area contributed by atoms with Crippen LogP contribution in [0, 0.1) is 5.92 Å². The van der Waals surface area contributed by atoms with Crippen LogP contribution >= 0.6 is 31.9 Å². The smallest absolute Gasteiger partial charge is 0.120 e. The van der Waals surface area contributed by atoms with Gasteiger partial charge in [-0.2, -0.15) is 0 Å². The standard InChI is InChI=1S/C12H14Br2O/c1-2-15-9-5-6-10(11(13)7-9)12(14)8-3-4-8/h5-8,12H,2-4H2,1H3. The van der Waals surface area contributed by atoms with Crippen molar-refractivity contribution in [1.29, 1.82) is 0 Å². The number of hydrogen-bond acceptors (Lipinski definition) is 1. The molecule has 1 fully saturated rings. The van der Waals surface area contributed by atoms with Gasteiger partial charge in [-0.25, -0.2) is 0 Å². The Morgan fingerprint density at radius 1 is 1.47 bits per heavy atom. The molecule has 0 heterocycles. The molecule has 1 atom stereocenters. The normalized spacial score (nSPS) is 17.5. The summed E-state index contributed by atoms with van der Waals surface area (Å²) in [6.45, 7) is 2.71. The van der Waals surface area contributed by atoms with Gasteiger partial charge in [0, 0.05) is 9.30 Å². The van der Waals surface area contributed by atoms with Gasteiger partial charge in [-0.15, -0.1) is 0 Å². The van der Waals surface area contributed by atoms with Crippen molar-refractivity contribution in [2.75, 3.05) is 6.61 Å². The first-order valence-electron chi connectivity index (χ1n) is 5.28. The lowest BCUT2D eigenvalue weighted by atomic mass is 10.1. The molecule has 0 N–H and O–H groups in total. The van der Waals surface area contributed by atoms with Gasteiger partial charge in [0.05, 0.1) is 6.61 Å². The molecule has 0 saturated heterocycles. The van der Waals surface area contributed by atoms with E-state index < -0.39 is 0 Å². The van der Waals surface area contributed by atoms with E-state index in [1.54, 1.807) is 0 Å². The van der Waals surface area contributed by atoms with Crippen LogP contribution in [0.4, 0.5) is 0 Å². The average molecular weight is 334 g/mol. The van der Waals surface area contributed by atoms with E-state index in [1.807, 2.05) is 13.0 Å². The largest absolute Gasteiger partial charge is 0.494 e. The quantitative estimate of drug-likeness (QED) is 0.726. The number of rotatable bonds is 4. The number of alkyl halides is 1. The van der Waals surface area contributed by atoms with Gasteiger partial charge in [-0.05, 0) is 43.4 Å². The van der Waals surface area contributed by atoms with E-state index >= 15 is 0 Å². The van der Waals surface area contributed by atoms with Crippen LogP contribution in [0.3, 0.4) is 0 Å². The van der Waals surface area contributed by atoms with Crippen molar-refractivity contribution in [3.8, 4) is 5.75 Å². The maximum absolute atomic E-state index is 5.45. The molecule has 2 rings (SSSR count). The fourth-order valence-electron chi connectivity index (χ4n) is 1.63. The zero-order valence-corrected chi connectivity index (χ0v) is 11.8. The first kappa shape index (κ1) is 11.5. The van der Waals surface area contributed by atoms with Crippen molar-refractivity contribution in [2.24, 2.45) is 5.92 Å². The summed E-state index contributed by atoms with van der Waals surface area (Å²) in [5, 5.41) is 0. The van der Waals surface area contributed by atoms with Crippen LogP contribution in [-0.4, -0.2) is 6.61 Å². The molecular weight excluding hydrogens is 320 g/mol. The van der Waals surface area contributed by atoms with E-state index in [9.17, 15) is 0 Å². The van der Waals surface area contributed by atoms with Crippen molar-refractivity contribution in [1.82, 2.24) is 0 Å². The summed E-state index contributed by atoms with van der Waals surface area (Å²) in [4.78, 5) is 0.488. The van der Waals surface area contributed by atoms with Gasteiger partial charge < -0.3 is 4.74 Å². The fraction of sp³-hybridized carbons (Fsp3) is 0.500. The average Bonchev–Trinajstić information content (AvgIpc) is 3.01. The van der Waals surface area contributed by atoms with Gasteiger partial charge in [0.25, 0.3) is 0 Å². The Labute approximate surface area is 107 Å². The summed E-state index contributed by atoms with van der Waals surface area (Å²) in [5.74, 6) is 1.75. The van der Waals surface area contributed by atoms with E-state index in [1.165, 1.54) is 18.4 Å². The van der Waals surface area contributed by atoms with E-state index in [2.05, 4.69) is 44.0 Å². The highest BCUT2D eigenvalue weighted by atomic mass is 79.9. The Kier molecular flexibility index (Phi) is 3.73. The highest BCUT2D eigenvalue weighted by Crippen LogP contribution is 2.48. The predicted octanol–water partition coefficient (Wildman–Crippen LogP) is 4.69. The number of benzene rings is 1. The second-order valence-electron chi connectivity index (χ2n) is 3.86. The molecule has 1 aromatic rings. The Bertz CT molecular complexity index is 347. The third-order valence-corrected chi connectivity index (χ3v) is 4.54. The summed E-state index contributed by atoms with van der Waals surface area (Å²) >= 11 is 7.36. The van der Waals surface area contributed by atoms with Gasteiger partial charge in [-0.3, -0.25) is 0 Å². The predicted molar refractivity (Wildman–Crippen MR) is 69.7 cm³/mol. The van der Waals surface area contributed by atoms with Crippen molar-refractivity contribution >= 4 is 31.9 Å². The van der Waals surface area contributed by atoms with Crippen LogP contribution in [0.25, 0.3) is 0 Å². The van der Waals surface area contributed by atoms with Crippen molar-refractivity contribution < 1.29 is 4.74 Å². The molecule has 0 spiro atoms. The SMILES string of the molecule is CCOc1ccc(C(Br)C2CC2)c(Br)c1. The second kappa shape index (κ2) is 4.88. The van der Waals surface area contributed by atoms with Gasteiger partial charge in [0.2, 0.25) is 0 Å². The zero-order chi connectivity index (χ0) is 10.8. The van der Waals surface area contributed by atoms with E-state index in [0.29, 0.717) is 11.4 Å². The molecule has 1 aliphatic rings. The van der Waals surface area contributed by atoms with E-state index in [4.69, 9.17) is 4.74 Å². The molecule has 1 saturated carbocycles. The lowest BCUT2D eigenvalue weighted by molar-refractivity contribution is 0.340. The summed E-state index contributed by atoms with van der Waals surface area (Å²) < 4.78 is 6.59. The van der Waals surface area contributed by atoms with Gasteiger partial charge in [-0.1, -0.05) is 37.9 Å². The minimum absolute atomic E-state index is 0.488. The fourth-order valence-corrected chi connectivity index (χ4v) is 3.47. The monoisotopic (exact) mass is 332 g/mol. The second-order valence-corrected chi connectivity index (χ2v) is 5.70. The number of ether oxygens (including phenoxy) is 1. The molecule has 1 nitrogen and oxygen atoms in total. The first-order chi connectivity index (χ1) is 7.22. The Balaban J connectivity index is 2.17. The molecule has 0 amide bonds. The van der Waals surface area contributed by atoms with Crippen LogP contribution in [0.2, 0.25) is 0 Å². The molecule has 3 heteroatoms. The van der Waals surface area contributed by atoms with Crippen LogP contribution in [0.5, 0.6) is 5.75 Å². The molecule has 82 valence electrons. The minimum Gasteiger partial charge on any atom is -0.494 e. The Morgan fingerprint density at radius 2 is 2.20 bits per heavy atom. The lowest BCUT2D eigenvalue weighted by Crippen LogP contribution is -1.96. The maximum atomic E-state index is 5.45. The van der Waals surface area contributed by atoms with Crippen LogP contribution in [-0.2, 0) is 0 Å². The third kappa shape index (κ3) is 2.76. The molecular formula is C12H14Br2O. The summed E-state index contributed by atoms with van der Waals surface area (Å²) in [6.07, 6.45) is 2.69. The Hall–Kier alpha value is -0.0200. The van der Waals surface area contributed by atoms with E-state index in [0.717, 1.165) is 16.1 Å². The minimum atomic E-state index is 0.488. The van der Waals surface area contributed by atoms with Crippen LogP contribution in [0.15, 0.2) is 22.7 Å². The van der Waals surface area contributed by atoms with Gasteiger partial charge in [0.1, 0.15) is 5.75 Å². The molecule has 0 radical (unpaired) electrons. The molecule has 1 unspecified atom stereocenters. The van der Waals surface area contributed by atoms with Crippen LogP contribution < -0.4 is 4.74 Å². The molecule has 1 aliphatic carbocycles. The van der Waals surface area contributed by atoms with Crippen molar-refractivity contribution in [3.63, 3.8) is 0 Å². The molecule has 0 bridgehead atoms. The molecule has 0 aromatic heterocycles. The summed E-state index contributed by atoms with van der Waals surface area (Å²) in [5.41, 5.74) is 1.33. The lowest BCUT2D eigenvalue weighted by Gasteiger charge is -2.12. The number of halogens is 2. The molecule has 1 aromatic carbocycles. The van der Waals surface area contributed by atoms with E-state index in [-0.39, 0.29) is 0 Å². The van der Waals surface area contributed by atoms with Crippen molar-refractivity contribution in [2.45, 2.75) is 24.6 Å². The number of hydrogen-bond donors (Lipinski definition) is 0. The maximum Gasteiger partial charge on any atom is 0.120 e. The Morgan fingerprint density at radius 3 is 2.73 bits per heavy atom. The third-order valence-electron chi connectivity index (χ3n) is 2.62. The van der Waals surface area contributed by atoms with Crippen molar-refractivity contribution in [3.05, 3.63) is 28.2 Å². The van der Waals surface area contributed by atoms with Gasteiger partial charge >= 0.3 is 0 Å². The summed E-state index contributed by atoms with van der Waals surface area (Å²) in [7, 11) is 0. The summed E-state index contributed by atoms with van der Waals surface area (Å²) in [6, 6.07) is 6.24.